The van der Waals surface area contributed by atoms with Crippen LogP contribution in [0.15, 0.2) is 0 Å². The van der Waals surface area contributed by atoms with Crippen LogP contribution in [0.2, 0.25) is 11.6 Å². The Hall–Kier alpha value is 0.452. The lowest BCUT2D eigenvalue weighted by Crippen LogP contribution is -2.31. The van der Waals surface area contributed by atoms with Crippen LogP contribution in [0, 0.1) is 0 Å². The smallest absolute Gasteiger partial charge is 0.191 e. The molecule has 0 rings (SSSR count). The topological polar surface area (TPSA) is 15.3 Å². The summed E-state index contributed by atoms with van der Waals surface area (Å²) in [4.78, 5) is 2.42. The van der Waals surface area contributed by atoms with Gasteiger partial charge in [-0.05, 0) is 19.6 Å². The average Bonchev–Trinajstić information content (AvgIpc) is 2.14. The molecular weight excluding hydrogens is 175 g/mol. The van der Waals surface area contributed by atoms with Gasteiger partial charge in [0, 0.05) is 13.1 Å². The maximum absolute atomic E-state index is 3.31. The van der Waals surface area contributed by atoms with Crippen LogP contribution < -0.4 is 5.32 Å². The molecule has 79 valence electrons. The highest BCUT2D eigenvalue weighted by Crippen LogP contribution is 1.83. The minimum atomic E-state index is 0.750. The third kappa shape index (κ3) is 15.2. The first kappa shape index (κ1) is 15.9. The van der Waals surface area contributed by atoms with E-state index in [1.807, 2.05) is 0 Å². The normalized spacial score (nSPS) is 9.38. The van der Waals surface area contributed by atoms with Gasteiger partial charge in [0.05, 0.1) is 0 Å². The van der Waals surface area contributed by atoms with E-state index in [-0.39, 0.29) is 0 Å². The van der Waals surface area contributed by atoms with Crippen LogP contribution in [-0.4, -0.2) is 52.8 Å². The number of hydrogen-bond donors (Lipinski definition) is 1. The first-order valence-electron chi connectivity index (χ1n) is 5.43. The van der Waals surface area contributed by atoms with Crippen LogP contribution in [0.5, 0.6) is 0 Å². The van der Waals surface area contributed by atoms with E-state index in [2.05, 4.69) is 42.6 Å². The lowest BCUT2D eigenvalue weighted by Gasteiger charge is -2.17. The van der Waals surface area contributed by atoms with Crippen molar-refractivity contribution in [2.24, 2.45) is 0 Å². The summed E-state index contributed by atoms with van der Waals surface area (Å²) in [6.45, 7) is 12.3. The van der Waals surface area contributed by atoms with Gasteiger partial charge in [-0.2, -0.15) is 0 Å². The summed E-state index contributed by atoms with van der Waals surface area (Å²) in [6, 6.07) is 0. The molecule has 1 radical (unpaired) electrons. The van der Waals surface area contributed by atoms with Crippen molar-refractivity contribution in [3.05, 3.63) is 0 Å². The SMILES string of the molecule is CCNCCN(CC)CC.[CH3][Al][CH3]. The highest BCUT2D eigenvalue weighted by molar-refractivity contribution is 6.31. The molecule has 0 atom stereocenters. The molecule has 1 N–H and O–H groups in total. The second-order valence-corrected chi connectivity index (χ2v) is 4.11. The Morgan fingerprint density at radius 1 is 1.08 bits per heavy atom. The van der Waals surface area contributed by atoms with Crippen molar-refractivity contribution < 1.29 is 0 Å². The molecule has 0 aliphatic rings. The summed E-state index contributed by atoms with van der Waals surface area (Å²) in [5, 5.41) is 3.31. The molecular formula is C10H26AlN2. The van der Waals surface area contributed by atoms with Crippen molar-refractivity contribution in [3.8, 4) is 0 Å². The summed E-state index contributed by atoms with van der Waals surface area (Å²) in [6.07, 6.45) is 0. The number of nitrogens with one attached hydrogen (secondary N) is 1. The molecule has 0 aromatic rings. The maximum Gasteiger partial charge on any atom is 0.191 e. The molecule has 0 saturated carbocycles. The lowest BCUT2D eigenvalue weighted by atomic mass is 10.4. The highest BCUT2D eigenvalue weighted by Gasteiger charge is 1.95. The van der Waals surface area contributed by atoms with Gasteiger partial charge in [0.2, 0.25) is 0 Å². The van der Waals surface area contributed by atoms with E-state index in [0.717, 1.165) is 28.3 Å². The Kier molecular flexibility index (Phi) is 18.3. The minimum Gasteiger partial charge on any atom is -0.316 e. The maximum atomic E-state index is 3.31. The van der Waals surface area contributed by atoms with Crippen molar-refractivity contribution in [3.63, 3.8) is 0 Å². The summed E-state index contributed by atoms with van der Waals surface area (Å²) in [7, 11) is 0. The van der Waals surface area contributed by atoms with Crippen LogP contribution in [-0.2, 0) is 0 Å². The molecule has 0 amide bonds. The van der Waals surface area contributed by atoms with Gasteiger partial charge < -0.3 is 10.2 Å². The standard InChI is InChI=1S/C8H20N2.2CH3.Al/c1-4-9-7-8-10(5-2)6-3;;;/h9H,4-8H2,1-3H3;2*1H3;. The van der Waals surface area contributed by atoms with Crippen LogP contribution >= 0.6 is 0 Å². The predicted octanol–water partition coefficient (Wildman–Crippen LogP) is 1.72. The van der Waals surface area contributed by atoms with Crippen molar-refractivity contribution in [1.29, 1.82) is 0 Å². The van der Waals surface area contributed by atoms with Crippen molar-refractivity contribution in [1.82, 2.24) is 10.2 Å². The fourth-order valence-corrected chi connectivity index (χ4v) is 0.954. The molecule has 0 aromatic heterocycles. The molecule has 3 heteroatoms. The van der Waals surface area contributed by atoms with Gasteiger partial charge in [0.1, 0.15) is 0 Å². The summed E-state index contributed by atoms with van der Waals surface area (Å²) in [5.74, 6) is 4.42. The Bertz CT molecular complexity index is 75.3. The predicted molar refractivity (Wildman–Crippen MR) is 63.8 cm³/mol. The average molecular weight is 201 g/mol. The van der Waals surface area contributed by atoms with E-state index in [1.165, 1.54) is 19.6 Å². The van der Waals surface area contributed by atoms with Crippen LogP contribution in [0.1, 0.15) is 20.8 Å². The Labute approximate surface area is 90.8 Å². The summed E-state index contributed by atoms with van der Waals surface area (Å²) >= 11 is 0.750. The van der Waals surface area contributed by atoms with Gasteiger partial charge in [-0.25, -0.2) is 0 Å². The van der Waals surface area contributed by atoms with Crippen molar-refractivity contribution in [2.45, 2.75) is 32.3 Å². The molecule has 13 heavy (non-hydrogen) atoms. The van der Waals surface area contributed by atoms with E-state index in [9.17, 15) is 0 Å². The lowest BCUT2D eigenvalue weighted by molar-refractivity contribution is 0.303. The van der Waals surface area contributed by atoms with E-state index in [1.54, 1.807) is 0 Å². The zero-order valence-corrected chi connectivity index (χ0v) is 11.2. The van der Waals surface area contributed by atoms with E-state index in [0.29, 0.717) is 0 Å². The summed E-state index contributed by atoms with van der Waals surface area (Å²) in [5.41, 5.74) is 0. The molecule has 0 aliphatic heterocycles. The van der Waals surface area contributed by atoms with Gasteiger partial charge in [-0.15, -0.1) is 11.6 Å². The quantitative estimate of drug-likeness (QED) is 0.520. The van der Waals surface area contributed by atoms with Gasteiger partial charge >= 0.3 is 0 Å². The number of nitrogens with zero attached hydrogens (tertiary/aromatic N) is 1. The Morgan fingerprint density at radius 2 is 1.54 bits per heavy atom. The molecule has 0 unspecified atom stereocenters. The monoisotopic (exact) mass is 201 g/mol. The molecule has 0 fully saturated rings. The number of likely N-dealkylation sites (N-methyl/N-ethyl adjacent to an activating group) is 2. The zero-order valence-electron chi connectivity index (χ0n) is 10.1. The molecule has 0 aliphatic carbocycles. The second kappa shape index (κ2) is 14.9. The third-order valence-corrected chi connectivity index (χ3v) is 1.75. The number of hydrogen-bond acceptors (Lipinski definition) is 2. The van der Waals surface area contributed by atoms with E-state index >= 15 is 0 Å². The van der Waals surface area contributed by atoms with Gasteiger partial charge in [-0.3, -0.25) is 0 Å². The fourth-order valence-electron chi connectivity index (χ4n) is 0.954. The molecule has 0 bridgehead atoms. The second-order valence-electron chi connectivity index (χ2n) is 2.96. The molecule has 0 spiro atoms. The van der Waals surface area contributed by atoms with Crippen LogP contribution in [0.4, 0.5) is 0 Å². The Morgan fingerprint density at radius 3 is 1.85 bits per heavy atom. The van der Waals surface area contributed by atoms with Crippen LogP contribution in [0.25, 0.3) is 0 Å². The molecule has 0 saturated heterocycles. The Balaban J connectivity index is 0. The first-order valence-corrected chi connectivity index (χ1v) is 7.74. The summed E-state index contributed by atoms with van der Waals surface area (Å²) < 4.78 is 0. The zero-order chi connectivity index (χ0) is 10.5. The van der Waals surface area contributed by atoms with Crippen molar-refractivity contribution >= 4 is 15.2 Å². The van der Waals surface area contributed by atoms with E-state index in [4.69, 9.17) is 0 Å². The third-order valence-electron chi connectivity index (χ3n) is 1.75. The van der Waals surface area contributed by atoms with Crippen molar-refractivity contribution in [2.75, 3.05) is 32.7 Å². The van der Waals surface area contributed by atoms with E-state index < -0.39 is 0 Å². The van der Waals surface area contributed by atoms with Crippen LogP contribution in [0.3, 0.4) is 0 Å². The molecule has 0 aromatic carbocycles. The van der Waals surface area contributed by atoms with Gasteiger partial charge in [0.15, 0.2) is 15.2 Å². The highest BCUT2D eigenvalue weighted by atomic mass is 27.1. The van der Waals surface area contributed by atoms with Gasteiger partial charge in [-0.1, -0.05) is 20.8 Å². The largest absolute Gasteiger partial charge is 0.316 e. The fraction of sp³-hybridized carbons (Fsp3) is 1.00. The first-order chi connectivity index (χ1) is 6.26. The molecule has 0 heterocycles. The molecule has 2 nitrogen and oxygen atoms in total. The number of rotatable bonds is 6. The van der Waals surface area contributed by atoms with Gasteiger partial charge in [0.25, 0.3) is 0 Å². The minimum absolute atomic E-state index is 0.750.